The molecule has 0 aliphatic carbocycles. The summed E-state index contributed by atoms with van der Waals surface area (Å²) in [6.45, 7) is 2.15. The van der Waals surface area contributed by atoms with Gasteiger partial charge in [0.05, 0.1) is 12.1 Å². The van der Waals surface area contributed by atoms with E-state index < -0.39 is 6.10 Å². The summed E-state index contributed by atoms with van der Waals surface area (Å²) in [6, 6.07) is 8.51. The summed E-state index contributed by atoms with van der Waals surface area (Å²) >= 11 is 5.45. The molecule has 4 nitrogen and oxygen atoms in total. The van der Waals surface area contributed by atoms with Crippen molar-refractivity contribution in [3.05, 3.63) is 35.9 Å². The third-order valence-corrected chi connectivity index (χ3v) is 2.54. The highest BCUT2D eigenvalue weighted by atomic mass is 35.5. The fourth-order valence-electron chi connectivity index (χ4n) is 1.44. The highest BCUT2D eigenvalue weighted by Crippen LogP contribution is 2.15. The Hall–Kier alpha value is -1.26. The van der Waals surface area contributed by atoms with Gasteiger partial charge in [-0.1, -0.05) is 30.3 Å². The minimum absolute atomic E-state index is 0.326. The smallest absolute Gasteiger partial charge is 0.315 e. The van der Waals surface area contributed by atoms with Crippen molar-refractivity contribution in [2.24, 2.45) is 0 Å². The molecule has 0 saturated carbocycles. The maximum atomic E-state index is 11.4. The van der Waals surface area contributed by atoms with Crippen LogP contribution in [0.3, 0.4) is 0 Å². The van der Waals surface area contributed by atoms with Gasteiger partial charge in [0.1, 0.15) is 0 Å². The van der Waals surface area contributed by atoms with E-state index in [-0.39, 0.29) is 12.1 Å². The number of rotatable bonds is 5. The maximum Gasteiger partial charge on any atom is 0.315 e. The van der Waals surface area contributed by atoms with Gasteiger partial charge in [-0.25, -0.2) is 4.79 Å². The van der Waals surface area contributed by atoms with Crippen LogP contribution in [0, 0.1) is 0 Å². The van der Waals surface area contributed by atoms with E-state index in [9.17, 15) is 9.90 Å². The minimum atomic E-state index is -0.724. The summed E-state index contributed by atoms with van der Waals surface area (Å²) in [7, 11) is 0. The fourth-order valence-corrected chi connectivity index (χ4v) is 1.53. The van der Waals surface area contributed by atoms with Crippen LogP contribution >= 0.6 is 11.6 Å². The quantitative estimate of drug-likeness (QED) is 0.702. The molecule has 0 aliphatic heterocycles. The Balaban J connectivity index is 2.47. The van der Waals surface area contributed by atoms with Gasteiger partial charge in [0, 0.05) is 12.4 Å². The largest absolute Gasteiger partial charge is 0.386 e. The highest BCUT2D eigenvalue weighted by molar-refractivity contribution is 6.18. The van der Waals surface area contributed by atoms with Gasteiger partial charge in [-0.2, -0.15) is 0 Å². The van der Waals surface area contributed by atoms with E-state index in [4.69, 9.17) is 11.6 Å². The van der Waals surface area contributed by atoms with Crippen LogP contribution in [0.2, 0.25) is 0 Å². The highest BCUT2D eigenvalue weighted by Gasteiger charge is 2.17. The van der Waals surface area contributed by atoms with Crippen LogP contribution in [0.5, 0.6) is 0 Å². The SMILES string of the molecule is CC(NC(=O)NCCCl)C(O)c1ccccc1. The molecule has 1 aromatic carbocycles. The van der Waals surface area contributed by atoms with E-state index in [1.165, 1.54) is 0 Å². The second-order valence-corrected chi connectivity index (χ2v) is 4.11. The van der Waals surface area contributed by atoms with Crippen molar-refractivity contribution >= 4 is 17.6 Å². The molecule has 94 valence electrons. The summed E-state index contributed by atoms with van der Waals surface area (Å²) in [5.74, 6) is 0.364. The molecule has 0 aliphatic rings. The lowest BCUT2D eigenvalue weighted by Crippen LogP contribution is -2.43. The molecule has 0 saturated heterocycles. The molecule has 17 heavy (non-hydrogen) atoms. The van der Waals surface area contributed by atoms with E-state index in [2.05, 4.69) is 10.6 Å². The van der Waals surface area contributed by atoms with E-state index in [1.807, 2.05) is 30.3 Å². The summed E-state index contributed by atoms with van der Waals surface area (Å²) < 4.78 is 0. The normalized spacial score (nSPS) is 13.8. The molecule has 3 N–H and O–H groups in total. The Kier molecular flexibility index (Phi) is 5.80. The van der Waals surface area contributed by atoms with Gasteiger partial charge in [0.25, 0.3) is 0 Å². The fraction of sp³-hybridized carbons (Fsp3) is 0.417. The van der Waals surface area contributed by atoms with Crippen molar-refractivity contribution in [1.29, 1.82) is 0 Å². The Bertz CT molecular complexity index is 346. The van der Waals surface area contributed by atoms with Crippen LogP contribution < -0.4 is 10.6 Å². The Morgan fingerprint density at radius 3 is 2.65 bits per heavy atom. The first-order valence-corrected chi connectivity index (χ1v) is 6.02. The predicted octanol–water partition coefficient (Wildman–Crippen LogP) is 1.65. The molecular weight excluding hydrogens is 240 g/mol. The molecule has 2 unspecified atom stereocenters. The predicted molar refractivity (Wildman–Crippen MR) is 68.1 cm³/mol. The first kappa shape index (κ1) is 13.8. The van der Waals surface area contributed by atoms with Crippen LogP contribution in [0.25, 0.3) is 0 Å². The molecule has 2 atom stereocenters. The second-order valence-electron chi connectivity index (χ2n) is 3.73. The van der Waals surface area contributed by atoms with Gasteiger partial charge >= 0.3 is 6.03 Å². The molecule has 0 spiro atoms. The summed E-state index contributed by atoms with van der Waals surface area (Å²) in [5.41, 5.74) is 0.776. The molecule has 0 radical (unpaired) electrons. The topological polar surface area (TPSA) is 61.4 Å². The van der Waals surface area contributed by atoms with Gasteiger partial charge in [0.2, 0.25) is 0 Å². The van der Waals surface area contributed by atoms with Crippen LogP contribution in [0.15, 0.2) is 30.3 Å². The zero-order valence-electron chi connectivity index (χ0n) is 9.69. The van der Waals surface area contributed by atoms with Gasteiger partial charge in [-0.3, -0.25) is 0 Å². The molecular formula is C12H17ClN2O2. The first-order chi connectivity index (χ1) is 8.15. The number of carbonyl (C=O) groups excluding carboxylic acids is 1. The zero-order chi connectivity index (χ0) is 12.7. The minimum Gasteiger partial charge on any atom is -0.386 e. The maximum absolute atomic E-state index is 11.4. The van der Waals surface area contributed by atoms with Crippen LogP contribution in [-0.4, -0.2) is 29.6 Å². The van der Waals surface area contributed by atoms with Crippen molar-refractivity contribution in [2.75, 3.05) is 12.4 Å². The molecule has 2 amide bonds. The summed E-state index contributed by atoms with van der Waals surface area (Å²) in [5, 5.41) is 15.2. The average Bonchev–Trinajstić information content (AvgIpc) is 2.36. The third kappa shape index (κ3) is 4.63. The molecule has 0 fully saturated rings. The molecule has 0 heterocycles. The standard InChI is InChI=1S/C12H17ClN2O2/c1-9(15-12(17)14-8-7-13)11(16)10-5-3-2-4-6-10/h2-6,9,11,16H,7-8H2,1H3,(H2,14,15,17). The van der Waals surface area contributed by atoms with Gasteiger partial charge in [0.15, 0.2) is 0 Å². The van der Waals surface area contributed by atoms with Crippen molar-refractivity contribution in [2.45, 2.75) is 19.1 Å². The number of carbonyl (C=O) groups is 1. The van der Waals surface area contributed by atoms with Crippen LogP contribution in [0.4, 0.5) is 4.79 Å². The summed E-state index contributed by atoms with van der Waals surface area (Å²) in [4.78, 5) is 11.4. The molecule has 5 heteroatoms. The lowest BCUT2D eigenvalue weighted by atomic mass is 10.0. The van der Waals surface area contributed by atoms with E-state index in [0.29, 0.717) is 12.4 Å². The number of alkyl halides is 1. The monoisotopic (exact) mass is 256 g/mol. The first-order valence-electron chi connectivity index (χ1n) is 5.48. The van der Waals surface area contributed by atoms with Gasteiger partial charge < -0.3 is 15.7 Å². The molecule has 1 aromatic rings. The number of benzene rings is 1. The van der Waals surface area contributed by atoms with Crippen molar-refractivity contribution in [1.82, 2.24) is 10.6 Å². The summed E-state index contributed by atoms with van der Waals surface area (Å²) in [6.07, 6.45) is -0.724. The van der Waals surface area contributed by atoms with Crippen LogP contribution in [-0.2, 0) is 0 Å². The van der Waals surface area contributed by atoms with Crippen molar-refractivity contribution in [3.8, 4) is 0 Å². The number of aliphatic hydroxyl groups is 1. The molecule has 0 aromatic heterocycles. The van der Waals surface area contributed by atoms with Gasteiger partial charge in [-0.05, 0) is 12.5 Å². The average molecular weight is 257 g/mol. The number of halogens is 1. The van der Waals surface area contributed by atoms with Crippen molar-refractivity contribution in [3.63, 3.8) is 0 Å². The number of aliphatic hydroxyl groups excluding tert-OH is 1. The second kappa shape index (κ2) is 7.14. The number of amides is 2. The van der Waals surface area contributed by atoms with E-state index in [1.54, 1.807) is 6.92 Å². The van der Waals surface area contributed by atoms with E-state index in [0.717, 1.165) is 5.56 Å². The Morgan fingerprint density at radius 1 is 1.41 bits per heavy atom. The van der Waals surface area contributed by atoms with Gasteiger partial charge in [-0.15, -0.1) is 11.6 Å². The number of nitrogens with one attached hydrogen (secondary N) is 2. The zero-order valence-corrected chi connectivity index (χ0v) is 10.4. The van der Waals surface area contributed by atoms with Crippen LogP contribution in [0.1, 0.15) is 18.6 Å². The molecule has 1 rings (SSSR count). The lowest BCUT2D eigenvalue weighted by molar-refractivity contribution is 0.137. The van der Waals surface area contributed by atoms with E-state index >= 15 is 0 Å². The Morgan fingerprint density at radius 2 is 2.06 bits per heavy atom. The lowest BCUT2D eigenvalue weighted by Gasteiger charge is -2.20. The Labute approximate surface area is 106 Å². The van der Waals surface area contributed by atoms with Crippen molar-refractivity contribution < 1.29 is 9.90 Å². The number of urea groups is 1. The molecule has 0 bridgehead atoms. The third-order valence-electron chi connectivity index (χ3n) is 2.35. The number of hydrogen-bond acceptors (Lipinski definition) is 2. The number of hydrogen-bond donors (Lipinski definition) is 3.